The highest BCUT2D eigenvalue weighted by molar-refractivity contribution is 7.15. The van der Waals surface area contributed by atoms with E-state index in [4.69, 9.17) is 4.98 Å². The molecule has 4 nitrogen and oxygen atoms in total. The first-order valence-electron chi connectivity index (χ1n) is 7.20. The molecule has 0 radical (unpaired) electrons. The normalized spacial score (nSPS) is 20.9. The van der Waals surface area contributed by atoms with Gasteiger partial charge in [-0.25, -0.2) is 4.98 Å². The molecule has 2 aromatic rings. The first-order chi connectivity index (χ1) is 9.48. The molecule has 5 heteroatoms. The third kappa shape index (κ3) is 2.52. The lowest BCUT2D eigenvalue weighted by Gasteiger charge is -2.34. The SMILES string of the molecule is CCNC1CC(C)(C)Cc2nc(-c3cnn(C)c3)sc21. The van der Waals surface area contributed by atoms with Crippen molar-refractivity contribution in [3.8, 4) is 10.6 Å². The molecule has 2 heterocycles. The molecule has 108 valence electrons. The lowest BCUT2D eigenvalue weighted by atomic mass is 9.76. The Morgan fingerprint density at radius 2 is 2.30 bits per heavy atom. The fraction of sp³-hybridized carbons (Fsp3) is 0.600. The van der Waals surface area contributed by atoms with Gasteiger partial charge in [0.1, 0.15) is 5.01 Å². The predicted molar refractivity (Wildman–Crippen MR) is 82.8 cm³/mol. The van der Waals surface area contributed by atoms with Crippen molar-refractivity contribution in [2.75, 3.05) is 6.54 Å². The lowest BCUT2D eigenvalue weighted by molar-refractivity contribution is 0.260. The van der Waals surface area contributed by atoms with Crippen molar-refractivity contribution in [2.45, 2.75) is 39.7 Å². The van der Waals surface area contributed by atoms with Gasteiger partial charge in [0, 0.05) is 29.7 Å². The summed E-state index contributed by atoms with van der Waals surface area (Å²) in [4.78, 5) is 6.31. The van der Waals surface area contributed by atoms with Crippen LogP contribution in [0.25, 0.3) is 10.6 Å². The van der Waals surface area contributed by atoms with Crippen LogP contribution in [0.2, 0.25) is 0 Å². The van der Waals surface area contributed by atoms with Gasteiger partial charge in [0.25, 0.3) is 0 Å². The number of nitrogens with one attached hydrogen (secondary N) is 1. The van der Waals surface area contributed by atoms with Crippen LogP contribution in [0.5, 0.6) is 0 Å². The first-order valence-corrected chi connectivity index (χ1v) is 8.02. The molecule has 1 unspecified atom stereocenters. The van der Waals surface area contributed by atoms with Crippen LogP contribution in [0.15, 0.2) is 12.4 Å². The van der Waals surface area contributed by atoms with E-state index in [1.165, 1.54) is 17.0 Å². The standard InChI is InChI=1S/C15H22N4S/c1-5-16-11-6-15(2,3)7-12-13(11)20-14(18-12)10-8-17-19(4)9-10/h8-9,11,16H,5-7H2,1-4H3. The van der Waals surface area contributed by atoms with Crippen LogP contribution in [-0.4, -0.2) is 21.3 Å². The third-order valence-corrected chi connectivity index (χ3v) is 5.11. The molecule has 0 bridgehead atoms. The maximum atomic E-state index is 4.89. The number of hydrogen-bond acceptors (Lipinski definition) is 4. The van der Waals surface area contributed by atoms with E-state index in [-0.39, 0.29) is 0 Å². The van der Waals surface area contributed by atoms with Gasteiger partial charge in [-0.1, -0.05) is 20.8 Å². The monoisotopic (exact) mass is 290 g/mol. The number of fused-ring (bicyclic) bond motifs is 1. The molecule has 0 saturated heterocycles. The third-order valence-electron chi connectivity index (χ3n) is 3.85. The van der Waals surface area contributed by atoms with Gasteiger partial charge in [0.05, 0.1) is 11.9 Å². The molecule has 0 amide bonds. The molecule has 0 saturated carbocycles. The minimum atomic E-state index is 0.320. The minimum Gasteiger partial charge on any atom is -0.309 e. The van der Waals surface area contributed by atoms with E-state index in [1.54, 1.807) is 0 Å². The van der Waals surface area contributed by atoms with Crippen molar-refractivity contribution in [3.05, 3.63) is 23.0 Å². The Bertz CT molecular complexity index is 611. The van der Waals surface area contributed by atoms with Crippen molar-refractivity contribution in [3.63, 3.8) is 0 Å². The lowest BCUT2D eigenvalue weighted by Crippen LogP contribution is -2.32. The quantitative estimate of drug-likeness (QED) is 0.944. The molecule has 0 fully saturated rings. The Labute approximate surface area is 124 Å². The fourth-order valence-electron chi connectivity index (χ4n) is 3.00. The Hall–Kier alpha value is -1.20. The average Bonchev–Trinajstić information content (AvgIpc) is 2.94. The highest BCUT2D eigenvalue weighted by Gasteiger charge is 2.34. The zero-order valence-electron chi connectivity index (χ0n) is 12.6. The number of hydrogen-bond donors (Lipinski definition) is 1. The number of rotatable bonds is 3. The predicted octanol–water partition coefficient (Wildman–Crippen LogP) is 3.17. The Morgan fingerprint density at radius 1 is 1.50 bits per heavy atom. The Kier molecular flexibility index (Phi) is 3.42. The zero-order valence-corrected chi connectivity index (χ0v) is 13.4. The summed E-state index contributed by atoms with van der Waals surface area (Å²) in [5, 5.41) is 8.97. The maximum Gasteiger partial charge on any atom is 0.127 e. The van der Waals surface area contributed by atoms with Gasteiger partial charge >= 0.3 is 0 Å². The number of thiazole rings is 1. The molecular weight excluding hydrogens is 268 g/mol. The van der Waals surface area contributed by atoms with Gasteiger partial charge in [0.15, 0.2) is 0 Å². The second kappa shape index (κ2) is 4.97. The molecule has 3 rings (SSSR count). The van der Waals surface area contributed by atoms with Gasteiger partial charge < -0.3 is 5.32 Å². The van der Waals surface area contributed by atoms with E-state index in [2.05, 4.69) is 31.2 Å². The van der Waals surface area contributed by atoms with Crippen molar-refractivity contribution < 1.29 is 0 Å². The van der Waals surface area contributed by atoms with E-state index in [0.717, 1.165) is 23.5 Å². The van der Waals surface area contributed by atoms with E-state index in [1.807, 2.05) is 35.5 Å². The summed E-state index contributed by atoms with van der Waals surface area (Å²) < 4.78 is 1.83. The number of aromatic nitrogens is 3. The second-order valence-corrected chi connectivity index (χ2v) is 7.42. The van der Waals surface area contributed by atoms with Crippen molar-refractivity contribution >= 4 is 11.3 Å². The van der Waals surface area contributed by atoms with Crippen molar-refractivity contribution in [1.29, 1.82) is 0 Å². The van der Waals surface area contributed by atoms with Crippen LogP contribution in [0.3, 0.4) is 0 Å². The molecule has 20 heavy (non-hydrogen) atoms. The molecule has 1 aliphatic rings. The number of nitrogens with zero attached hydrogens (tertiary/aromatic N) is 3. The summed E-state index contributed by atoms with van der Waals surface area (Å²) in [6.45, 7) is 7.84. The summed E-state index contributed by atoms with van der Waals surface area (Å²) in [6.07, 6.45) is 6.19. The van der Waals surface area contributed by atoms with Crippen LogP contribution < -0.4 is 5.32 Å². The van der Waals surface area contributed by atoms with E-state index < -0.39 is 0 Å². The van der Waals surface area contributed by atoms with Gasteiger partial charge in [-0.05, 0) is 24.8 Å². The van der Waals surface area contributed by atoms with E-state index >= 15 is 0 Å². The van der Waals surface area contributed by atoms with Crippen molar-refractivity contribution in [1.82, 2.24) is 20.1 Å². The summed E-state index contributed by atoms with van der Waals surface area (Å²) in [5.74, 6) is 0. The van der Waals surface area contributed by atoms with Crippen LogP contribution in [0.4, 0.5) is 0 Å². The molecular formula is C15H22N4S. The van der Waals surface area contributed by atoms with Crippen LogP contribution in [0, 0.1) is 5.41 Å². The zero-order chi connectivity index (χ0) is 14.3. The Morgan fingerprint density at radius 3 is 2.95 bits per heavy atom. The van der Waals surface area contributed by atoms with E-state index in [0.29, 0.717) is 11.5 Å². The summed E-state index contributed by atoms with van der Waals surface area (Å²) >= 11 is 1.82. The molecule has 1 aliphatic carbocycles. The largest absolute Gasteiger partial charge is 0.309 e. The topological polar surface area (TPSA) is 42.7 Å². The molecule has 0 aliphatic heterocycles. The maximum absolute atomic E-state index is 4.89. The highest BCUT2D eigenvalue weighted by atomic mass is 32.1. The summed E-state index contributed by atoms with van der Waals surface area (Å²) in [6, 6.07) is 0.446. The summed E-state index contributed by atoms with van der Waals surface area (Å²) in [7, 11) is 1.95. The second-order valence-electron chi connectivity index (χ2n) is 6.39. The smallest absolute Gasteiger partial charge is 0.127 e. The molecule has 2 aromatic heterocycles. The summed E-state index contributed by atoms with van der Waals surface area (Å²) in [5.41, 5.74) is 2.72. The minimum absolute atomic E-state index is 0.320. The molecule has 0 spiro atoms. The van der Waals surface area contributed by atoms with Gasteiger partial charge in [-0.3, -0.25) is 4.68 Å². The van der Waals surface area contributed by atoms with Crippen LogP contribution >= 0.6 is 11.3 Å². The van der Waals surface area contributed by atoms with Crippen molar-refractivity contribution in [2.24, 2.45) is 12.5 Å². The van der Waals surface area contributed by atoms with Gasteiger partial charge in [-0.15, -0.1) is 11.3 Å². The Balaban J connectivity index is 1.99. The van der Waals surface area contributed by atoms with Gasteiger partial charge in [0.2, 0.25) is 0 Å². The first kappa shape index (κ1) is 13.8. The molecule has 0 aromatic carbocycles. The highest BCUT2D eigenvalue weighted by Crippen LogP contribution is 2.44. The molecule has 1 atom stereocenters. The fourth-order valence-corrected chi connectivity index (χ4v) is 4.13. The number of aryl methyl sites for hydroxylation is 1. The average molecular weight is 290 g/mol. The van der Waals surface area contributed by atoms with Crippen LogP contribution in [-0.2, 0) is 13.5 Å². The van der Waals surface area contributed by atoms with E-state index in [9.17, 15) is 0 Å². The molecule has 1 N–H and O–H groups in total. The van der Waals surface area contributed by atoms with Crippen LogP contribution in [0.1, 0.15) is 43.8 Å². The van der Waals surface area contributed by atoms with Gasteiger partial charge in [-0.2, -0.15) is 5.10 Å².